The highest BCUT2D eigenvalue weighted by Crippen LogP contribution is 2.37. The number of rotatable bonds is 5. The molecule has 0 bridgehead atoms. The van der Waals surface area contributed by atoms with Crippen LogP contribution in [0.2, 0.25) is 5.02 Å². The number of halogens is 1. The maximum atomic E-state index is 13.1. The van der Waals surface area contributed by atoms with Crippen LogP contribution in [0, 0.1) is 0 Å². The summed E-state index contributed by atoms with van der Waals surface area (Å²) in [5.74, 6) is 0.662. The van der Waals surface area contributed by atoms with E-state index in [4.69, 9.17) is 16.6 Å². The van der Waals surface area contributed by atoms with E-state index >= 15 is 0 Å². The maximum Gasteiger partial charge on any atom is 0.242 e. The summed E-state index contributed by atoms with van der Waals surface area (Å²) >= 11 is 6.07. The van der Waals surface area contributed by atoms with Crippen LogP contribution < -0.4 is 4.90 Å². The lowest BCUT2D eigenvalue weighted by Crippen LogP contribution is -2.40. The molecule has 2 aliphatic heterocycles. The summed E-state index contributed by atoms with van der Waals surface area (Å²) in [6.07, 6.45) is 4.94. The van der Waals surface area contributed by atoms with E-state index in [1.54, 1.807) is 4.90 Å². The molecule has 0 radical (unpaired) electrons. The minimum Gasteiger partial charge on any atom is -0.347 e. The van der Waals surface area contributed by atoms with Crippen molar-refractivity contribution in [2.24, 2.45) is 0 Å². The second-order valence-corrected chi connectivity index (χ2v) is 8.47. The molecule has 2 aliphatic rings. The van der Waals surface area contributed by atoms with Crippen LogP contribution >= 0.6 is 11.6 Å². The van der Waals surface area contributed by atoms with E-state index in [1.165, 1.54) is 0 Å². The Kier molecular flexibility index (Phi) is 5.90. The minimum atomic E-state index is -0.136. The third-order valence-corrected chi connectivity index (χ3v) is 6.00. The van der Waals surface area contributed by atoms with E-state index in [-0.39, 0.29) is 24.4 Å². The van der Waals surface area contributed by atoms with E-state index in [2.05, 4.69) is 4.98 Å². The lowest BCUT2D eigenvalue weighted by atomic mass is 10.00. The first-order chi connectivity index (χ1) is 14.4. The lowest BCUT2D eigenvalue weighted by Gasteiger charge is -2.28. The number of anilines is 1. The first-order valence-corrected chi connectivity index (χ1v) is 10.7. The Morgan fingerprint density at radius 1 is 1.20 bits per heavy atom. The van der Waals surface area contributed by atoms with Crippen molar-refractivity contribution in [2.45, 2.75) is 31.7 Å². The first kappa shape index (κ1) is 20.6. The monoisotopic (exact) mass is 427 g/mol. The van der Waals surface area contributed by atoms with Crippen molar-refractivity contribution in [3.05, 3.63) is 41.2 Å². The summed E-state index contributed by atoms with van der Waals surface area (Å²) in [6.45, 7) is 1.49. The highest BCUT2D eigenvalue weighted by Gasteiger charge is 2.35. The van der Waals surface area contributed by atoms with E-state index in [0.29, 0.717) is 30.5 Å². The van der Waals surface area contributed by atoms with Crippen molar-refractivity contribution in [1.82, 2.24) is 19.8 Å². The molecule has 158 valence electrons. The summed E-state index contributed by atoms with van der Waals surface area (Å²) in [4.78, 5) is 39.8. The fourth-order valence-corrected chi connectivity index (χ4v) is 4.31. The van der Waals surface area contributed by atoms with Gasteiger partial charge in [-0.2, -0.15) is 0 Å². The van der Waals surface area contributed by atoms with Gasteiger partial charge in [-0.3, -0.25) is 9.59 Å². The highest BCUT2D eigenvalue weighted by atomic mass is 35.5. The Labute approximate surface area is 181 Å². The molecular weight excluding hydrogens is 402 g/mol. The summed E-state index contributed by atoms with van der Waals surface area (Å²) in [5, 5.41) is 0.666. The second kappa shape index (κ2) is 8.60. The van der Waals surface area contributed by atoms with Gasteiger partial charge in [0, 0.05) is 50.4 Å². The van der Waals surface area contributed by atoms with Crippen molar-refractivity contribution in [2.75, 3.05) is 38.6 Å². The number of carbonyl (C=O) groups excluding carboxylic acids is 2. The van der Waals surface area contributed by atoms with Crippen molar-refractivity contribution in [1.29, 1.82) is 0 Å². The van der Waals surface area contributed by atoms with E-state index in [0.717, 1.165) is 36.1 Å². The molecule has 0 aliphatic carbocycles. The SMILES string of the molecule is CN(C)c1ncc(-c2ccc(Cl)cc2)c([C@@H]2CCCN2C(=O)CN2CCCC2=O)n1. The van der Waals surface area contributed by atoms with Crippen molar-refractivity contribution < 1.29 is 9.59 Å². The molecular formula is C22H26ClN5O2. The molecule has 8 heteroatoms. The molecule has 0 unspecified atom stereocenters. The highest BCUT2D eigenvalue weighted by molar-refractivity contribution is 6.30. The number of carbonyl (C=O) groups is 2. The van der Waals surface area contributed by atoms with Gasteiger partial charge in [0.05, 0.1) is 18.3 Å². The summed E-state index contributed by atoms with van der Waals surface area (Å²) in [7, 11) is 3.80. The Balaban J connectivity index is 1.67. The smallest absolute Gasteiger partial charge is 0.242 e. The number of hydrogen-bond donors (Lipinski definition) is 0. The molecule has 2 amide bonds. The van der Waals surface area contributed by atoms with Crippen LogP contribution in [0.4, 0.5) is 5.95 Å². The Hall–Kier alpha value is -2.67. The standard InChI is InChI=1S/C22H26ClN5O2/c1-26(2)22-24-13-17(15-7-9-16(23)10-8-15)21(25-22)18-5-3-12-28(18)20(30)14-27-11-4-6-19(27)29/h7-10,13,18H,3-6,11-12,14H2,1-2H3/t18-/m0/s1. The van der Waals surface area contributed by atoms with Crippen molar-refractivity contribution in [3.63, 3.8) is 0 Å². The quantitative estimate of drug-likeness (QED) is 0.733. The molecule has 3 heterocycles. The summed E-state index contributed by atoms with van der Waals surface area (Å²) in [6, 6.07) is 7.45. The van der Waals surface area contributed by atoms with Gasteiger partial charge >= 0.3 is 0 Å². The predicted octanol–water partition coefficient (Wildman–Crippen LogP) is 3.15. The van der Waals surface area contributed by atoms with Crippen LogP contribution in [0.3, 0.4) is 0 Å². The molecule has 7 nitrogen and oxygen atoms in total. The third-order valence-electron chi connectivity index (χ3n) is 5.75. The minimum absolute atomic E-state index is 0.0141. The number of amides is 2. The average Bonchev–Trinajstić information content (AvgIpc) is 3.37. The van der Waals surface area contributed by atoms with Crippen molar-refractivity contribution >= 4 is 29.4 Å². The van der Waals surface area contributed by atoms with Gasteiger partial charge in [0.15, 0.2) is 0 Å². The van der Waals surface area contributed by atoms with Gasteiger partial charge < -0.3 is 14.7 Å². The van der Waals surface area contributed by atoms with Crippen molar-refractivity contribution in [3.8, 4) is 11.1 Å². The van der Waals surface area contributed by atoms with Gasteiger partial charge in [0.1, 0.15) is 0 Å². The summed E-state index contributed by atoms with van der Waals surface area (Å²) < 4.78 is 0. The molecule has 30 heavy (non-hydrogen) atoms. The maximum absolute atomic E-state index is 13.1. The largest absolute Gasteiger partial charge is 0.347 e. The predicted molar refractivity (Wildman–Crippen MR) is 116 cm³/mol. The Morgan fingerprint density at radius 2 is 1.97 bits per heavy atom. The van der Waals surface area contributed by atoms with Crippen LogP contribution in [0.5, 0.6) is 0 Å². The van der Waals surface area contributed by atoms with Crippen LogP contribution in [-0.2, 0) is 9.59 Å². The molecule has 1 aromatic carbocycles. The molecule has 2 fully saturated rings. The van der Waals surface area contributed by atoms with Gasteiger partial charge in [-0.05, 0) is 37.0 Å². The molecule has 1 aromatic heterocycles. The fraction of sp³-hybridized carbons (Fsp3) is 0.455. The average molecular weight is 428 g/mol. The topological polar surface area (TPSA) is 69.6 Å². The fourth-order valence-electron chi connectivity index (χ4n) is 4.18. The molecule has 1 atom stereocenters. The normalized spacial score (nSPS) is 18.9. The van der Waals surface area contributed by atoms with Crippen LogP contribution in [0.25, 0.3) is 11.1 Å². The molecule has 0 N–H and O–H groups in total. The van der Waals surface area contributed by atoms with Crippen LogP contribution in [-0.4, -0.2) is 65.3 Å². The molecule has 0 saturated carbocycles. The number of aromatic nitrogens is 2. The number of benzene rings is 1. The molecule has 4 rings (SSSR count). The number of nitrogens with zero attached hydrogens (tertiary/aromatic N) is 5. The first-order valence-electron chi connectivity index (χ1n) is 10.3. The lowest BCUT2D eigenvalue weighted by molar-refractivity contribution is -0.139. The number of likely N-dealkylation sites (tertiary alicyclic amines) is 2. The van der Waals surface area contributed by atoms with Gasteiger partial charge in [0.25, 0.3) is 0 Å². The van der Waals surface area contributed by atoms with E-state index in [9.17, 15) is 9.59 Å². The van der Waals surface area contributed by atoms with Gasteiger partial charge in [-0.1, -0.05) is 23.7 Å². The van der Waals surface area contributed by atoms with Gasteiger partial charge in [-0.25, -0.2) is 9.97 Å². The molecule has 2 saturated heterocycles. The summed E-state index contributed by atoms with van der Waals surface area (Å²) in [5.41, 5.74) is 2.71. The molecule has 0 spiro atoms. The van der Waals surface area contributed by atoms with E-state index in [1.807, 2.05) is 54.4 Å². The Bertz CT molecular complexity index is 947. The zero-order valence-electron chi connectivity index (χ0n) is 17.3. The zero-order chi connectivity index (χ0) is 21.3. The van der Waals surface area contributed by atoms with Crippen LogP contribution in [0.15, 0.2) is 30.5 Å². The van der Waals surface area contributed by atoms with Gasteiger partial charge in [0.2, 0.25) is 17.8 Å². The second-order valence-electron chi connectivity index (χ2n) is 8.03. The zero-order valence-corrected chi connectivity index (χ0v) is 18.1. The van der Waals surface area contributed by atoms with E-state index < -0.39 is 0 Å². The van der Waals surface area contributed by atoms with Crippen LogP contribution in [0.1, 0.15) is 37.4 Å². The molecule has 2 aromatic rings. The number of hydrogen-bond acceptors (Lipinski definition) is 5. The Morgan fingerprint density at radius 3 is 2.63 bits per heavy atom. The van der Waals surface area contributed by atoms with Gasteiger partial charge in [-0.15, -0.1) is 0 Å². The third kappa shape index (κ3) is 4.12.